The zero-order valence-corrected chi connectivity index (χ0v) is 15.7. The van der Waals surface area contributed by atoms with Gasteiger partial charge >= 0.3 is 6.03 Å². The lowest BCUT2D eigenvalue weighted by molar-refractivity contribution is 0.100. The van der Waals surface area contributed by atoms with Crippen LogP contribution in [0.25, 0.3) is 0 Å². The van der Waals surface area contributed by atoms with E-state index in [1.807, 2.05) is 19.1 Å². The molecule has 0 saturated carbocycles. The van der Waals surface area contributed by atoms with Gasteiger partial charge in [-0.25, -0.2) is 4.79 Å². The van der Waals surface area contributed by atoms with Gasteiger partial charge in [-0.15, -0.1) is 0 Å². The Balaban J connectivity index is 1.65. The van der Waals surface area contributed by atoms with Crippen LogP contribution in [0.3, 0.4) is 0 Å². The lowest BCUT2D eigenvalue weighted by Crippen LogP contribution is -2.39. The number of amides is 2. The molecule has 26 heavy (non-hydrogen) atoms. The van der Waals surface area contributed by atoms with Gasteiger partial charge in [0.1, 0.15) is 6.10 Å². The highest BCUT2D eigenvalue weighted by molar-refractivity contribution is 6.37. The van der Waals surface area contributed by atoms with Gasteiger partial charge in [-0.05, 0) is 43.2 Å². The van der Waals surface area contributed by atoms with Gasteiger partial charge in [0, 0.05) is 24.7 Å². The van der Waals surface area contributed by atoms with E-state index in [1.54, 1.807) is 24.5 Å². The molecule has 3 rings (SSSR count). The first-order valence-electron chi connectivity index (χ1n) is 8.29. The highest BCUT2D eigenvalue weighted by Crippen LogP contribution is 2.36. The molecule has 0 bridgehead atoms. The minimum atomic E-state index is -0.351. The second-order valence-electron chi connectivity index (χ2n) is 5.77. The third kappa shape index (κ3) is 4.38. The average Bonchev–Trinajstić information content (AvgIpc) is 3.07. The molecule has 2 amide bonds. The Kier molecular flexibility index (Phi) is 6.19. The minimum Gasteiger partial charge on any atom is -0.491 e. The van der Waals surface area contributed by atoms with Crippen LogP contribution in [0, 0.1) is 0 Å². The van der Waals surface area contributed by atoms with Crippen molar-refractivity contribution in [3.63, 3.8) is 0 Å². The van der Waals surface area contributed by atoms with E-state index < -0.39 is 0 Å². The number of halogens is 2. The number of carbonyl (C=O) groups excluding carboxylic acids is 1. The van der Waals surface area contributed by atoms with E-state index in [1.165, 1.54) is 0 Å². The van der Waals surface area contributed by atoms with Crippen molar-refractivity contribution in [2.75, 3.05) is 18.5 Å². The largest absolute Gasteiger partial charge is 0.491 e. The number of hydrogen-bond donors (Lipinski definition) is 2. The maximum Gasteiger partial charge on any atom is 0.319 e. The quantitative estimate of drug-likeness (QED) is 0.784. The van der Waals surface area contributed by atoms with Crippen molar-refractivity contribution < 1.29 is 14.3 Å². The summed E-state index contributed by atoms with van der Waals surface area (Å²) in [5.74, 6) is 0.406. The number of nitrogens with zero attached hydrogens (tertiary/aromatic N) is 1. The van der Waals surface area contributed by atoms with Gasteiger partial charge in [0.05, 0.1) is 22.7 Å². The number of benzene rings is 1. The van der Waals surface area contributed by atoms with Crippen molar-refractivity contribution in [1.29, 1.82) is 0 Å². The van der Waals surface area contributed by atoms with E-state index >= 15 is 0 Å². The molecule has 1 aromatic heterocycles. The molecule has 0 radical (unpaired) electrons. The molecule has 0 unspecified atom stereocenters. The van der Waals surface area contributed by atoms with Crippen LogP contribution >= 0.6 is 23.2 Å². The summed E-state index contributed by atoms with van der Waals surface area (Å²) >= 11 is 12.3. The van der Waals surface area contributed by atoms with E-state index in [0.29, 0.717) is 34.7 Å². The number of aromatic nitrogens is 1. The first-order valence-corrected chi connectivity index (χ1v) is 9.05. The number of pyridine rings is 1. The molecule has 1 saturated heterocycles. The van der Waals surface area contributed by atoms with Crippen LogP contribution in [0.1, 0.15) is 25.0 Å². The molecule has 2 aromatic rings. The Morgan fingerprint density at radius 3 is 2.65 bits per heavy atom. The van der Waals surface area contributed by atoms with E-state index in [4.69, 9.17) is 32.7 Å². The van der Waals surface area contributed by atoms with Gasteiger partial charge in [0.15, 0.2) is 5.75 Å². The molecular formula is C18H19Cl2N3O3. The summed E-state index contributed by atoms with van der Waals surface area (Å²) in [6, 6.07) is 6.48. The molecule has 0 spiro atoms. The molecule has 8 heteroatoms. The van der Waals surface area contributed by atoms with Gasteiger partial charge in [-0.1, -0.05) is 23.2 Å². The highest BCUT2D eigenvalue weighted by Gasteiger charge is 2.31. The third-order valence-electron chi connectivity index (χ3n) is 3.99. The highest BCUT2D eigenvalue weighted by atomic mass is 35.5. The van der Waals surface area contributed by atoms with Crippen molar-refractivity contribution in [2.24, 2.45) is 0 Å². The van der Waals surface area contributed by atoms with Gasteiger partial charge in [0.2, 0.25) is 0 Å². The first-order chi connectivity index (χ1) is 12.6. The summed E-state index contributed by atoms with van der Waals surface area (Å²) in [4.78, 5) is 16.4. The summed E-state index contributed by atoms with van der Waals surface area (Å²) in [7, 11) is 0. The van der Waals surface area contributed by atoms with Crippen LogP contribution in [0.2, 0.25) is 10.0 Å². The molecule has 1 aliphatic heterocycles. The standard InChI is InChI=1S/C18H19Cl2N3O3/c1-2-25-17-13(19)9-12(10-14(17)20)22-18(24)23-15-5-8-26-16(15)11-3-6-21-7-4-11/h3-4,6-7,9-10,15-16H,2,5,8H2,1H3,(H2,22,23,24)/t15-,16+/m0/s1. The number of rotatable bonds is 5. The second kappa shape index (κ2) is 8.58. The second-order valence-corrected chi connectivity index (χ2v) is 6.58. The zero-order valence-electron chi connectivity index (χ0n) is 14.2. The Morgan fingerprint density at radius 1 is 1.31 bits per heavy atom. The fourth-order valence-corrected chi connectivity index (χ4v) is 3.47. The molecule has 6 nitrogen and oxygen atoms in total. The van der Waals surface area contributed by atoms with Crippen LogP contribution in [0.15, 0.2) is 36.7 Å². The molecule has 2 heterocycles. The molecular weight excluding hydrogens is 377 g/mol. The Hall–Kier alpha value is -2.02. The predicted molar refractivity (Wildman–Crippen MR) is 101 cm³/mol. The molecule has 2 N–H and O–H groups in total. The van der Waals surface area contributed by atoms with Gasteiger partial charge in [-0.3, -0.25) is 4.98 Å². The molecule has 1 aliphatic rings. The number of carbonyl (C=O) groups is 1. The monoisotopic (exact) mass is 395 g/mol. The normalized spacial score (nSPS) is 19.2. The smallest absolute Gasteiger partial charge is 0.319 e. The number of anilines is 1. The third-order valence-corrected chi connectivity index (χ3v) is 4.55. The van der Waals surface area contributed by atoms with Crippen LogP contribution in [0.4, 0.5) is 10.5 Å². The average molecular weight is 396 g/mol. The van der Waals surface area contributed by atoms with E-state index in [0.717, 1.165) is 12.0 Å². The number of urea groups is 1. The molecule has 1 aromatic carbocycles. The summed E-state index contributed by atoms with van der Waals surface area (Å²) in [5, 5.41) is 6.37. The van der Waals surface area contributed by atoms with Crippen LogP contribution in [-0.4, -0.2) is 30.3 Å². The molecule has 2 atom stereocenters. The van der Waals surface area contributed by atoms with Crippen molar-refractivity contribution in [2.45, 2.75) is 25.5 Å². The van der Waals surface area contributed by atoms with Crippen molar-refractivity contribution in [3.05, 3.63) is 52.3 Å². The zero-order chi connectivity index (χ0) is 18.5. The lowest BCUT2D eigenvalue weighted by Gasteiger charge is -2.20. The van der Waals surface area contributed by atoms with E-state index in [2.05, 4.69) is 15.6 Å². The van der Waals surface area contributed by atoms with Crippen LogP contribution in [0.5, 0.6) is 5.75 Å². The Bertz CT molecular complexity index is 751. The first kappa shape index (κ1) is 18.8. The molecule has 0 aliphatic carbocycles. The predicted octanol–water partition coefficient (Wildman–Crippen LogP) is 4.44. The summed E-state index contributed by atoms with van der Waals surface area (Å²) < 4.78 is 11.1. The summed E-state index contributed by atoms with van der Waals surface area (Å²) in [6.07, 6.45) is 3.94. The van der Waals surface area contributed by atoms with E-state index in [-0.39, 0.29) is 18.2 Å². The lowest BCUT2D eigenvalue weighted by atomic mass is 10.0. The molecule has 138 valence electrons. The minimum absolute atomic E-state index is 0.133. The molecule has 1 fully saturated rings. The summed E-state index contributed by atoms with van der Waals surface area (Å²) in [5.41, 5.74) is 1.47. The van der Waals surface area contributed by atoms with E-state index in [9.17, 15) is 4.79 Å². The van der Waals surface area contributed by atoms with Crippen molar-refractivity contribution in [1.82, 2.24) is 10.3 Å². The maximum atomic E-state index is 12.4. The number of hydrogen-bond acceptors (Lipinski definition) is 4. The van der Waals surface area contributed by atoms with Crippen LogP contribution < -0.4 is 15.4 Å². The maximum absolute atomic E-state index is 12.4. The van der Waals surface area contributed by atoms with Gasteiger partial charge in [-0.2, -0.15) is 0 Å². The Morgan fingerprint density at radius 2 is 2.00 bits per heavy atom. The topological polar surface area (TPSA) is 72.5 Å². The number of nitrogens with one attached hydrogen (secondary N) is 2. The Labute approximate surface area is 161 Å². The van der Waals surface area contributed by atoms with Crippen molar-refractivity contribution >= 4 is 34.9 Å². The van der Waals surface area contributed by atoms with Gasteiger partial charge < -0.3 is 20.1 Å². The van der Waals surface area contributed by atoms with Gasteiger partial charge in [0.25, 0.3) is 0 Å². The van der Waals surface area contributed by atoms with Crippen LogP contribution in [-0.2, 0) is 4.74 Å². The van der Waals surface area contributed by atoms with Crippen molar-refractivity contribution in [3.8, 4) is 5.75 Å². The fourth-order valence-electron chi connectivity index (χ4n) is 2.87. The summed E-state index contributed by atoms with van der Waals surface area (Å²) in [6.45, 7) is 2.87. The SMILES string of the molecule is CCOc1c(Cl)cc(NC(=O)N[C@H]2CCO[C@@H]2c2ccncc2)cc1Cl. The fraction of sp³-hybridized carbons (Fsp3) is 0.333. The number of ether oxygens (including phenoxy) is 2.